The van der Waals surface area contributed by atoms with Crippen LogP contribution in [0.5, 0.6) is 5.75 Å². The van der Waals surface area contributed by atoms with Crippen molar-refractivity contribution in [2.45, 2.75) is 20.4 Å². The average Bonchev–Trinajstić information content (AvgIpc) is 2.73. The van der Waals surface area contributed by atoms with Crippen LogP contribution in [-0.2, 0) is 20.9 Å². The Morgan fingerprint density at radius 1 is 1.03 bits per heavy atom. The molecule has 0 spiro atoms. The summed E-state index contributed by atoms with van der Waals surface area (Å²) < 4.78 is 5.24. The molecular weight excluding hydrogens is 396 g/mol. The Labute approximate surface area is 183 Å². The number of carbonyl (C=O) groups excluding carboxylic acids is 3. The Balaban J connectivity index is 1.86. The van der Waals surface area contributed by atoms with E-state index in [-0.39, 0.29) is 30.8 Å². The maximum absolute atomic E-state index is 12.7. The number of hydrogen-bond donors (Lipinski definition) is 3. The first-order valence-corrected chi connectivity index (χ1v) is 10.2. The number of anilines is 2. The van der Waals surface area contributed by atoms with Gasteiger partial charge in [0.25, 0.3) is 5.91 Å². The zero-order chi connectivity index (χ0) is 22.8. The largest absolute Gasteiger partial charge is 0.497 e. The number of hydrogen-bond acceptors (Lipinski definition) is 4. The van der Waals surface area contributed by atoms with E-state index >= 15 is 0 Å². The van der Waals surface area contributed by atoms with Gasteiger partial charge in [0.05, 0.1) is 14.2 Å². The van der Waals surface area contributed by atoms with Crippen LogP contribution < -0.4 is 20.3 Å². The molecule has 31 heavy (non-hydrogen) atoms. The number of methoxy groups -OCH3 is 1. The molecular formula is C23H31N4O4+. The normalized spacial score (nSPS) is 11.4. The molecule has 2 rings (SSSR count). The molecule has 0 aliphatic carbocycles. The van der Waals surface area contributed by atoms with Crippen molar-refractivity contribution in [3.05, 3.63) is 54.1 Å². The standard InChI is InChI=1S/C23H30N4O4/c1-5-27(15-22(29)25-20-11-9-19(10-12-20)24-17(2)28)23(30)16-26(3)14-18-7-6-8-21(13-18)31-4/h6-13H,5,14-16H2,1-4H3,(H,24,28)(H,25,29)/p+1. The van der Waals surface area contributed by atoms with E-state index < -0.39 is 0 Å². The molecule has 0 saturated carbocycles. The van der Waals surface area contributed by atoms with Crippen molar-refractivity contribution in [1.82, 2.24) is 4.90 Å². The average molecular weight is 428 g/mol. The van der Waals surface area contributed by atoms with Crippen LogP contribution in [-0.4, -0.2) is 56.4 Å². The molecule has 1 unspecified atom stereocenters. The summed E-state index contributed by atoms with van der Waals surface area (Å²) in [5.74, 6) is 0.271. The minimum atomic E-state index is -0.270. The number of carbonyl (C=O) groups is 3. The number of quaternary nitrogens is 1. The van der Waals surface area contributed by atoms with Gasteiger partial charge in [0.1, 0.15) is 18.8 Å². The number of benzene rings is 2. The molecule has 1 atom stereocenters. The Bertz CT molecular complexity index is 899. The summed E-state index contributed by atoms with van der Waals surface area (Å²) in [5.41, 5.74) is 2.33. The van der Waals surface area contributed by atoms with Gasteiger partial charge in [-0.05, 0) is 43.3 Å². The van der Waals surface area contributed by atoms with E-state index in [4.69, 9.17) is 4.74 Å². The zero-order valence-electron chi connectivity index (χ0n) is 18.5. The summed E-state index contributed by atoms with van der Waals surface area (Å²) in [6.45, 7) is 4.67. The second kappa shape index (κ2) is 11.7. The molecule has 0 aromatic heterocycles. The van der Waals surface area contributed by atoms with Gasteiger partial charge in [-0.1, -0.05) is 12.1 Å². The van der Waals surface area contributed by atoms with E-state index in [1.165, 1.54) is 11.8 Å². The molecule has 3 N–H and O–H groups in total. The number of nitrogens with zero attached hydrogens (tertiary/aromatic N) is 1. The number of likely N-dealkylation sites (N-methyl/N-ethyl adjacent to an activating group) is 2. The van der Waals surface area contributed by atoms with E-state index in [2.05, 4.69) is 10.6 Å². The second-order valence-electron chi connectivity index (χ2n) is 7.38. The zero-order valence-corrected chi connectivity index (χ0v) is 18.5. The van der Waals surface area contributed by atoms with Gasteiger partial charge in [-0.25, -0.2) is 0 Å². The molecule has 0 aliphatic rings. The molecule has 3 amide bonds. The molecule has 0 heterocycles. The van der Waals surface area contributed by atoms with Crippen LogP contribution in [0.15, 0.2) is 48.5 Å². The van der Waals surface area contributed by atoms with Gasteiger partial charge in [0.2, 0.25) is 11.8 Å². The Morgan fingerprint density at radius 2 is 1.68 bits per heavy atom. The first-order valence-electron chi connectivity index (χ1n) is 10.2. The molecule has 0 saturated heterocycles. The van der Waals surface area contributed by atoms with Crippen molar-refractivity contribution in [1.29, 1.82) is 0 Å². The molecule has 8 nitrogen and oxygen atoms in total. The molecule has 2 aromatic rings. The first kappa shape index (κ1) is 23.9. The highest BCUT2D eigenvalue weighted by atomic mass is 16.5. The van der Waals surface area contributed by atoms with Gasteiger partial charge in [-0.3, -0.25) is 14.4 Å². The third-order valence-electron chi connectivity index (χ3n) is 4.65. The van der Waals surface area contributed by atoms with Crippen LogP contribution in [0.25, 0.3) is 0 Å². The number of nitrogens with one attached hydrogen (secondary N) is 3. The predicted octanol–water partition coefficient (Wildman–Crippen LogP) is 1.16. The van der Waals surface area contributed by atoms with Gasteiger partial charge in [-0.2, -0.15) is 0 Å². The lowest BCUT2D eigenvalue weighted by Gasteiger charge is -2.22. The molecule has 0 radical (unpaired) electrons. The van der Waals surface area contributed by atoms with Crippen molar-refractivity contribution in [3.8, 4) is 5.75 Å². The molecule has 2 aromatic carbocycles. The quantitative estimate of drug-likeness (QED) is 0.531. The maximum Gasteiger partial charge on any atom is 0.278 e. The molecule has 8 heteroatoms. The van der Waals surface area contributed by atoms with Gasteiger partial charge >= 0.3 is 0 Å². The monoisotopic (exact) mass is 427 g/mol. The fourth-order valence-corrected chi connectivity index (χ4v) is 3.15. The SMILES string of the molecule is CCN(CC(=O)Nc1ccc(NC(C)=O)cc1)C(=O)C[NH+](C)Cc1cccc(OC)c1. The van der Waals surface area contributed by atoms with Crippen LogP contribution in [0.1, 0.15) is 19.4 Å². The fourth-order valence-electron chi connectivity index (χ4n) is 3.15. The summed E-state index contributed by atoms with van der Waals surface area (Å²) in [6, 6.07) is 14.6. The lowest BCUT2D eigenvalue weighted by molar-refractivity contribution is -0.885. The third-order valence-corrected chi connectivity index (χ3v) is 4.65. The number of rotatable bonds is 10. The van der Waals surface area contributed by atoms with E-state index in [0.29, 0.717) is 24.5 Å². The van der Waals surface area contributed by atoms with E-state index in [0.717, 1.165) is 16.2 Å². The van der Waals surface area contributed by atoms with Crippen molar-refractivity contribution in [3.63, 3.8) is 0 Å². The minimum Gasteiger partial charge on any atom is -0.497 e. The van der Waals surface area contributed by atoms with E-state index in [1.807, 2.05) is 38.2 Å². The van der Waals surface area contributed by atoms with Crippen LogP contribution in [0.2, 0.25) is 0 Å². The van der Waals surface area contributed by atoms with Gasteiger partial charge in [0, 0.05) is 30.4 Å². The van der Waals surface area contributed by atoms with E-state index in [1.54, 1.807) is 31.4 Å². The Hall–Kier alpha value is -3.39. The number of amides is 3. The highest BCUT2D eigenvalue weighted by Gasteiger charge is 2.19. The van der Waals surface area contributed by atoms with Gasteiger partial charge < -0.3 is 25.2 Å². The Morgan fingerprint density at radius 3 is 2.26 bits per heavy atom. The number of ether oxygens (including phenoxy) is 1. The summed E-state index contributed by atoms with van der Waals surface area (Å²) in [5, 5.41) is 5.45. The lowest BCUT2D eigenvalue weighted by atomic mass is 10.2. The molecule has 0 aliphatic heterocycles. The van der Waals surface area contributed by atoms with Gasteiger partial charge in [0.15, 0.2) is 6.54 Å². The summed E-state index contributed by atoms with van der Waals surface area (Å²) in [6.07, 6.45) is 0. The summed E-state index contributed by atoms with van der Waals surface area (Å²) >= 11 is 0. The van der Waals surface area contributed by atoms with Crippen LogP contribution in [0.3, 0.4) is 0 Å². The molecule has 0 fully saturated rings. The topological polar surface area (TPSA) is 92.2 Å². The van der Waals surface area contributed by atoms with Crippen LogP contribution >= 0.6 is 0 Å². The second-order valence-corrected chi connectivity index (χ2v) is 7.38. The Kier molecular flexibility index (Phi) is 9.02. The molecule has 0 bridgehead atoms. The summed E-state index contributed by atoms with van der Waals surface area (Å²) in [4.78, 5) is 38.7. The van der Waals surface area contributed by atoms with Crippen LogP contribution in [0.4, 0.5) is 11.4 Å². The summed E-state index contributed by atoms with van der Waals surface area (Å²) in [7, 11) is 3.57. The predicted molar refractivity (Wildman–Crippen MR) is 120 cm³/mol. The van der Waals surface area contributed by atoms with Crippen molar-refractivity contribution in [2.75, 3.05) is 44.4 Å². The smallest absolute Gasteiger partial charge is 0.278 e. The first-order chi connectivity index (χ1) is 14.8. The lowest BCUT2D eigenvalue weighted by Crippen LogP contribution is -3.08. The van der Waals surface area contributed by atoms with Crippen molar-refractivity contribution in [2.24, 2.45) is 0 Å². The van der Waals surface area contributed by atoms with E-state index in [9.17, 15) is 14.4 Å². The fraction of sp³-hybridized carbons (Fsp3) is 0.348. The molecule has 166 valence electrons. The van der Waals surface area contributed by atoms with Crippen molar-refractivity contribution < 1.29 is 24.0 Å². The highest BCUT2D eigenvalue weighted by Crippen LogP contribution is 2.13. The van der Waals surface area contributed by atoms with Crippen molar-refractivity contribution >= 4 is 29.1 Å². The highest BCUT2D eigenvalue weighted by molar-refractivity contribution is 5.95. The third kappa shape index (κ3) is 8.10. The minimum absolute atomic E-state index is 0.0186. The maximum atomic E-state index is 12.7. The van der Waals surface area contributed by atoms with Crippen LogP contribution in [0, 0.1) is 0 Å². The van der Waals surface area contributed by atoms with Gasteiger partial charge in [-0.15, -0.1) is 0 Å².